The molecule has 2 aromatic rings. The predicted molar refractivity (Wildman–Crippen MR) is 73.5 cm³/mol. The quantitative estimate of drug-likeness (QED) is 0.908. The Balaban J connectivity index is 1.87. The highest BCUT2D eigenvalue weighted by atomic mass is 79.9. The molecule has 5 nitrogen and oxygen atoms in total. The Labute approximate surface area is 123 Å². The SMILES string of the molecule is NC1CCOCC1c1nc(-c2ccc(F)c(Br)c2)no1. The van der Waals surface area contributed by atoms with E-state index in [0.717, 1.165) is 6.42 Å². The van der Waals surface area contributed by atoms with Crippen LogP contribution in [-0.2, 0) is 4.74 Å². The molecule has 2 heterocycles. The van der Waals surface area contributed by atoms with Gasteiger partial charge in [-0.1, -0.05) is 5.16 Å². The highest BCUT2D eigenvalue weighted by molar-refractivity contribution is 9.10. The van der Waals surface area contributed by atoms with Crippen molar-refractivity contribution in [2.24, 2.45) is 5.73 Å². The molecule has 0 bridgehead atoms. The first-order chi connectivity index (χ1) is 9.65. The van der Waals surface area contributed by atoms with Gasteiger partial charge in [-0.15, -0.1) is 0 Å². The molecule has 0 saturated carbocycles. The summed E-state index contributed by atoms with van der Waals surface area (Å²) < 4.78 is 24.2. The van der Waals surface area contributed by atoms with Gasteiger partial charge >= 0.3 is 0 Å². The highest BCUT2D eigenvalue weighted by Crippen LogP contribution is 2.27. The maximum absolute atomic E-state index is 13.2. The average molecular weight is 342 g/mol. The zero-order chi connectivity index (χ0) is 14.1. The fourth-order valence-corrected chi connectivity index (χ4v) is 2.53. The summed E-state index contributed by atoms with van der Waals surface area (Å²) in [5.41, 5.74) is 6.72. The smallest absolute Gasteiger partial charge is 0.233 e. The Kier molecular flexibility index (Phi) is 3.82. The van der Waals surface area contributed by atoms with Gasteiger partial charge in [0.1, 0.15) is 5.82 Å². The fourth-order valence-electron chi connectivity index (χ4n) is 2.15. The molecule has 0 aliphatic carbocycles. The van der Waals surface area contributed by atoms with Crippen LogP contribution in [0.15, 0.2) is 27.2 Å². The Bertz CT molecular complexity index is 619. The third-order valence-electron chi connectivity index (χ3n) is 3.35. The van der Waals surface area contributed by atoms with Gasteiger partial charge in [0, 0.05) is 18.2 Å². The summed E-state index contributed by atoms with van der Waals surface area (Å²) in [6, 6.07) is 4.52. The van der Waals surface area contributed by atoms with Gasteiger partial charge in [0.05, 0.1) is 17.0 Å². The van der Waals surface area contributed by atoms with Crippen LogP contribution in [0.4, 0.5) is 4.39 Å². The number of nitrogens with zero attached hydrogens (tertiary/aromatic N) is 2. The van der Waals surface area contributed by atoms with E-state index < -0.39 is 0 Å². The third kappa shape index (κ3) is 2.61. The molecule has 2 N–H and O–H groups in total. The van der Waals surface area contributed by atoms with Crippen LogP contribution < -0.4 is 5.73 Å². The molecule has 7 heteroatoms. The second-order valence-electron chi connectivity index (χ2n) is 4.72. The van der Waals surface area contributed by atoms with Gasteiger partial charge in [0.2, 0.25) is 11.7 Å². The standard InChI is InChI=1S/C13H13BrFN3O2/c14-9-5-7(1-2-10(9)15)12-17-13(20-18-12)8-6-19-4-3-11(8)16/h1-2,5,8,11H,3-4,6,16H2. The van der Waals surface area contributed by atoms with Crippen LogP contribution in [0.3, 0.4) is 0 Å². The van der Waals surface area contributed by atoms with E-state index in [-0.39, 0.29) is 17.8 Å². The van der Waals surface area contributed by atoms with Gasteiger partial charge in [-0.3, -0.25) is 0 Å². The molecule has 1 aromatic carbocycles. The molecule has 3 rings (SSSR count). The summed E-state index contributed by atoms with van der Waals surface area (Å²) in [5.74, 6) is 0.459. The van der Waals surface area contributed by atoms with E-state index in [4.69, 9.17) is 15.0 Å². The van der Waals surface area contributed by atoms with E-state index in [9.17, 15) is 4.39 Å². The summed E-state index contributed by atoms with van der Waals surface area (Å²) in [4.78, 5) is 4.34. The molecule has 1 aliphatic heterocycles. The van der Waals surface area contributed by atoms with Crippen LogP contribution in [0.25, 0.3) is 11.4 Å². The molecule has 106 valence electrons. The zero-order valence-electron chi connectivity index (χ0n) is 10.6. The monoisotopic (exact) mass is 341 g/mol. The number of halogens is 2. The Morgan fingerprint density at radius 1 is 1.40 bits per heavy atom. The van der Waals surface area contributed by atoms with E-state index >= 15 is 0 Å². The Morgan fingerprint density at radius 2 is 2.25 bits per heavy atom. The van der Waals surface area contributed by atoms with Crippen LogP contribution in [0.1, 0.15) is 18.2 Å². The fraction of sp³-hybridized carbons (Fsp3) is 0.385. The lowest BCUT2D eigenvalue weighted by Crippen LogP contribution is -2.37. The summed E-state index contributed by atoms with van der Waals surface area (Å²) >= 11 is 3.14. The minimum Gasteiger partial charge on any atom is -0.381 e. The number of rotatable bonds is 2. The normalized spacial score (nSPS) is 22.9. The maximum atomic E-state index is 13.2. The molecule has 0 spiro atoms. The van der Waals surface area contributed by atoms with Crippen molar-refractivity contribution in [1.29, 1.82) is 0 Å². The van der Waals surface area contributed by atoms with Gasteiger partial charge in [-0.25, -0.2) is 4.39 Å². The van der Waals surface area contributed by atoms with Crippen LogP contribution in [0, 0.1) is 5.82 Å². The first-order valence-corrected chi connectivity index (χ1v) is 7.07. The Hall–Kier alpha value is -1.31. The lowest BCUT2D eigenvalue weighted by Gasteiger charge is -2.25. The molecule has 1 aliphatic rings. The number of benzene rings is 1. The van der Waals surface area contributed by atoms with Gasteiger partial charge in [0.25, 0.3) is 0 Å². The van der Waals surface area contributed by atoms with Gasteiger partial charge in [-0.2, -0.15) is 4.98 Å². The third-order valence-corrected chi connectivity index (χ3v) is 3.95. The summed E-state index contributed by atoms with van der Waals surface area (Å²) in [6.45, 7) is 1.14. The van der Waals surface area contributed by atoms with Crippen molar-refractivity contribution >= 4 is 15.9 Å². The second kappa shape index (κ2) is 5.59. The molecule has 1 saturated heterocycles. The first-order valence-electron chi connectivity index (χ1n) is 6.27. The number of nitrogens with two attached hydrogens (primary N) is 1. The van der Waals surface area contributed by atoms with Gasteiger partial charge in [0.15, 0.2) is 0 Å². The molecule has 2 unspecified atom stereocenters. The molecule has 20 heavy (non-hydrogen) atoms. The van der Waals surface area contributed by atoms with E-state index in [1.807, 2.05) is 0 Å². The lowest BCUT2D eigenvalue weighted by atomic mass is 9.97. The van der Waals surface area contributed by atoms with Crippen LogP contribution in [0.2, 0.25) is 0 Å². The van der Waals surface area contributed by atoms with Crippen LogP contribution >= 0.6 is 15.9 Å². The minimum atomic E-state index is -0.333. The van der Waals surface area contributed by atoms with Crippen molar-refractivity contribution < 1.29 is 13.7 Å². The number of hydrogen-bond donors (Lipinski definition) is 1. The highest BCUT2D eigenvalue weighted by Gasteiger charge is 2.29. The zero-order valence-corrected chi connectivity index (χ0v) is 12.1. The van der Waals surface area contributed by atoms with Crippen molar-refractivity contribution in [1.82, 2.24) is 10.1 Å². The van der Waals surface area contributed by atoms with E-state index in [1.165, 1.54) is 6.07 Å². The molecule has 0 amide bonds. The Morgan fingerprint density at radius 3 is 3.00 bits per heavy atom. The second-order valence-corrected chi connectivity index (χ2v) is 5.57. The molecule has 0 radical (unpaired) electrons. The number of hydrogen-bond acceptors (Lipinski definition) is 5. The van der Waals surface area contributed by atoms with Gasteiger partial charge < -0.3 is 15.0 Å². The van der Waals surface area contributed by atoms with Gasteiger partial charge in [-0.05, 0) is 40.5 Å². The van der Waals surface area contributed by atoms with Crippen molar-refractivity contribution in [3.05, 3.63) is 34.4 Å². The molecular formula is C13H13BrFN3O2. The van der Waals surface area contributed by atoms with Crippen LogP contribution in [-0.4, -0.2) is 29.4 Å². The lowest BCUT2D eigenvalue weighted by molar-refractivity contribution is 0.0590. The van der Waals surface area contributed by atoms with Crippen molar-refractivity contribution in [3.63, 3.8) is 0 Å². The number of aromatic nitrogens is 2. The molecular weight excluding hydrogens is 329 g/mol. The average Bonchev–Trinajstić information content (AvgIpc) is 2.92. The van der Waals surface area contributed by atoms with E-state index in [1.54, 1.807) is 12.1 Å². The molecule has 1 aromatic heterocycles. The predicted octanol–water partition coefficient (Wildman–Crippen LogP) is 2.47. The number of ether oxygens (including phenoxy) is 1. The molecule has 1 fully saturated rings. The van der Waals surface area contributed by atoms with Crippen LogP contribution in [0.5, 0.6) is 0 Å². The van der Waals surface area contributed by atoms with Crippen molar-refractivity contribution in [2.45, 2.75) is 18.4 Å². The maximum Gasteiger partial charge on any atom is 0.233 e. The summed E-state index contributed by atoms with van der Waals surface area (Å²) in [7, 11) is 0. The van der Waals surface area contributed by atoms with E-state index in [0.29, 0.717) is 35.0 Å². The van der Waals surface area contributed by atoms with E-state index in [2.05, 4.69) is 26.1 Å². The topological polar surface area (TPSA) is 74.2 Å². The molecule has 2 atom stereocenters. The first kappa shape index (κ1) is 13.7. The summed E-state index contributed by atoms with van der Waals surface area (Å²) in [5, 5.41) is 3.93. The largest absolute Gasteiger partial charge is 0.381 e. The summed E-state index contributed by atoms with van der Waals surface area (Å²) in [6.07, 6.45) is 0.768. The minimum absolute atomic E-state index is 0.0444. The van der Waals surface area contributed by atoms with Crippen molar-refractivity contribution in [3.8, 4) is 11.4 Å². The van der Waals surface area contributed by atoms with Crippen molar-refractivity contribution in [2.75, 3.05) is 13.2 Å².